The highest BCUT2D eigenvalue weighted by molar-refractivity contribution is 6.20. The average Bonchev–Trinajstić information content (AvgIpc) is 2.29. The topological polar surface area (TPSA) is 12.5 Å². The molecule has 0 unspecified atom stereocenters. The van der Waals surface area contributed by atoms with E-state index >= 15 is 0 Å². The zero-order chi connectivity index (χ0) is 10.7. The molecule has 0 spiro atoms. The van der Waals surface area contributed by atoms with E-state index in [-0.39, 0.29) is 0 Å². The molecule has 2 rings (SSSR count). The summed E-state index contributed by atoms with van der Waals surface area (Å²) in [4.78, 5) is 2.60. The lowest BCUT2D eigenvalue weighted by Crippen LogP contribution is -2.51. The largest absolute Gasteiger partial charge is 0.383 e. The smallest absolute Gasteiger partial charge is 0.0589 e. The van der Waals surface area contributed by atoms with Gasteiger partial charge in [-0.3, -0.25) is 4.90 Å². The Bertz CT molecular complexity index is 198. The Balaban J connectivity index is 1.94. The first-order valence-corrected chi connectivity index (χ1v) is 6.63. The van der Waals surface area contributed by atoms with Gasteiger partial charge in [0.2, 0.25) is 0 Å². The van der Waals surface area contributed by atoms with Gasteiger partial charge in [0, 0.05) is 25.1 Å². The summed E-state index contributed by atoms with van der Waals surface area (Å²) in [6.07, 6.45) is 6.60. The second-order valence-corrected chi connectivity index (χ2v) is 5.41. The third kappa shape index (κ3) is 2.66. The van der Waals surface area contributed by atoms with Crippen molar-refractivity contribution in [2.24, 2.45) is 5.92 Å². The van der Waals surface area contributed by atoms with Gasteiger partial charge < -0.3 is 4.74 Å². The molecule has 0 bridgehead atoms. The van der Waals surface area contributed by atoms with Crippen LogP contribution in [-0.2, 0) is 4.74 Å². The fourth-order valence-corrected chi connectivity index (χ4v) is 3.56. The van der Waals surface area contributed by atoms with Crippen molar-refractivity contribution in [2.45, 2.75) is 43.5 Å². The maximum absolute atomic E-state index is 6.43. The van der Waals surface area contributed by atoms with Gasteiger partial charge in [-0.15, -0.1) is 11.6 Å². The van der Waals surface area contributed by atoms with Crippen molar-refractivity contribution in [2.75, 3.05) is 26.8 Å². The van der Waals surface area contributed by atoms with Crippen molar-refractivity contribution in [3.05, 3.63) is 0 Å². The number of likely N-dealkylation sites (tertiary alicyclic amines) is 1. The van der Waals surface area contributed by atoms with Crippen LogP contribution in [0.1, 0.15) is 32.1 Å². The van der Waals surface area contributed by atoms with Crippen LogP contribution >= 0.6 is 11.6 Å². The summed E-state index contributed by atoms with van der Waals surface area (Å²) in [5.74, 6) is 0.742. The molecular weight excluding hydrogens is 210 g/mol. The highest BCUT2D eigenvalue weighted by Gasteiger charge is 2.37. The lowest BCUT2D eigenvalue weighted by molar-refractivity contribution is 0.0416. The maximum atomic E-state index is 6.43. The molecule has 1 aliphatic carbocycles. The molecule has 1 heterocycles. The monoisotopic (exact) mass is 231 g/mol. The number of halogens is 1. The van der Waals surface area contributed by atoms with Crippen molar-refractivity contribution >= 4 is 11.6 Å². The summed E-state index contributed by atoms with van der Waals surface area (Å²) < 4.78 is 5.18. The lowest BCUT2D eigenvalue weighted by Gasteiger charge is -2.46. The molecule has 0 N–H and O–H groups in total. The molecule has 3 atom stereocenters. The Morgan fingerprint density at radius 1 is 1.27 bits per heavy atom. The Labute approximate surface area is 97.9 Å². The molecule has 1 saturated carbocycles. The Hall–Kier alpha value is 0.210. The fraction of sp³-hybridized carbons (Fsp3) is 1.00. The quantitative estimate of drug-likeness (QED) is 0.693. The van der Waals surface area contributed by atoms with Crippen LogP contribution in [-0.4, -0.2) is 43.1 Å². The van der Waals surface area contributed by atoms with E-state index in [1.54, 1.807) is 7.11 Å². The van der Waals surface area contributed by atoms with E-state index in [0.717, 1.165) is 31.5 Å². The molecule has 3 heteroatoms. The van der Waals surface area contributed by atoms with Gasteiger partial charge >= 0.3 is 0 Å². The second-order valence-electron chi connectivity index (χ2n) is 4.85. The van der Waals surface area contributed by atoms with Crippen molar-refractivity contribution < 1.29 is 4.74 Å². The van der Waals surface area contributed by atoms with Crippen molar-refractivity contribution in [1.82, 2.24) is 4.90 Å². The molecule has 1 saturated heterocycles. The normalized spacial score (nSPS) is 37.6. The van der Waals surface area contributed by atoms with Crippen LogP contribution in [0.5, 0.6) is 0 Å². The van der Waals surface area contributed by atoms with Crippen molar-refractivity contribution in [1.29, 1.82) is 0 Å². The van der Waals surface area contributed by atoms with E-state index in [1.165, 1.54) is 32.2 Å². The number of nitrogens with zero attached hydrogens (tertiary/aromatic N) is 1. The molecular formula is C12H22ClNO. The zero-order valence-corrected chi connectivity index (χ0v) is 10.4. The van der Waals surface area contributed by atoms with Crippen LogP contribution in [0.25, 0.3) is 0 Å². The number of methoxy groups -OCH3 is 1. The second kappa shape index (κ2) is 5.51. The van der Waals surface area contributed by atoms with E-state index < -0.39 is 0 Å². The minimum absolute atomic E-state index is 0.425. The van der Waals surface area contributed by atoms with E-state index in [1.807, 2.05) is 0 Å². The predicted octanol–water partition coefficient (Wildman–Crippen LogP) is 2.50. The predicted molar refractivity (Wildman–Crippen MR) is 63.5 cm³/mol. The fourth-order valence-electron chi connectivity index (χ4n) is 3.17. The molecule has 15 heavy (non-hydrogen) atoms. The molecule has 2 nitrogen and oxygen atoms in total. The van der Waals surface area contributed by atoms with Crippen molar-refractivity contribution in [3.63, 3.8) is 0 Å². The summed E-state index contributed by atoms with van der Waals surface area (Å²) in [5, 5.41) is 0.425. The first-order chi connectivity index (χ1) is 7.33. The van der Waals surface area contributed by atoms with Gasteiger partial charge in [0.05, 0.1) is 6.61 Å². The van der Waals surface area contributed by atoms with Gasteiger partial charge in [-0.2, -0.15) is 0 Å². The number of fused-ring (bicyclic) bond motifs is 1. The SMILES string of the molecule is COCCN1CC[C@@H](Cl)[C@@H]2CCCC[C@@H]21. The van der Waals surface area contributed by atoms with Gasteiger partial charge in [0.1, 0.15) is 0 Å². The minimum atomic E-state index is 0.425. The molecule has 0 aromatic carbocycles. The van der Waals surface area contributed by atoms with Gasteiger partial charge in [-0.05, 0) is 31.7 Å². The average molecular weight is 232 g/mol. The van der Waals surface area contributed by atoms with Crippen molar-refractivity contribution in [3.8, 4) is 0 Å². The number of piperidine rings is 1. The summed E-state index contributed by atoms with van der Waals surface area (Å²) in [7, 11) is 1.78. The number of rotatable bonds is 3. The highest BCUT2D eigenvalue weighted by Crippen LogP contribution is 2.37. The number of hydrogen-bond donors (Lipinski definition) is 0. The Morgan fingerprint density at radius 2 is 2.07 bits per heavy atom. The lowest BCUT2D eigenvalue weighted by atomic mass is 9.78. The number of hydrogen-bond acceptors (Lipinski definition) is 2. The van der Waals surface area contributed by atoms with Crippen LogP contribution in [0.4, 0.5) is 0 Å². The molecule has 0 aromatic heterocycles. The third-order valence-corrected chi connectivity index (χ3v) is 4.53. The van der Waals surface area contributed by atoms with Crippen LogP contribution in [0.15, 0.2) is 0 Å². The van der Waals surface area contributed by atoms with Gasteiger partial charge in [-0.25, -0.2) is 0 Å². The molecule has 88 valence electrons. The summed E-state index contributed by atoms with van der Waals surface area (Å²) in [5.41, 5.74) is 0. The van der Waals surface area contributed by atoms with Gasteiger partial charge in [0.15, 0.2) is 0 Å². The van der Waals surface area contributed by atoms with E-state index in [4.69, 9.17) is 16.3 Å². The van der Waals surface area contributed by atoms with Gasteiger partial charge in [0.25, 0.3) is 0 Å². The first kappa shape index (κ1) is 11.7. The zero-order valence-electron chi connectivity index (χ0n) is 9.62. The van der Waals surface area contributed by atoms with Gasteiger partial charge in [-0.1, -0.05) is 12.8 Å². The van der Waals surface area contributed by atoms with E-state index in [2.05, 4.69) is 4.90 Å². The van der Waals surface area contributed by atoms with Crippen LogP contribution < -0.4 is 0 Å². The Kier molecular flexibility index (Phi) is 4.30. The highest BCUT2D eigenvalue weighted by atomic mass is 35.5. The first-order valence-electron chi connectivity index (χ1n) is 6.20. The molecule has 0 aromatic rings. The van der Waals surface area contributed by atoms with Crippen LogP contribution in [0.3, 0.4) is 0 Å². The molecule has 2 fully saturated rings. The number of alkyl halides is 1. The summed E-state index contributed by atoms with van der Waals surface area (Å²) in [6.45, 7) is 3.11. The number of ether oxygens (including phenoxy) is 1. The molecule has 0 amide bonds. The summed E-state index contributed by atoms with van der Waals surface area (Å²) >= 11 is 6.43. The third-order valence-electron chi connectivity index (χ3n) is 3.99. The Morgan fingerprint density at radius 3 is 2.87 bits per heavy atom. The maximum Gasteiger partial charge on any atom is 0.0589 e. The molecule has 2 aliphatic rings. The molecule has 1 aliphatic heterocycles. The van der Waals surface area contributed by atoms with E-state index in [0.29, 0.717) is 5.38 Å². The summed E-state index contributed by atoms with van der Waals surface area (Å²) in [6, 6.07) is 0.741. The standard InChI is InChI=1S/C12H22ClNO/c1-15-9-8-14-7-6-11(13)10-4-2-3-5-12(10)14/h10-12H,2-9H2,1H3/t10-,11+,12-/m0/s1. The van der Waals surface area contributed by atoms with Crippen LogP contribution in [0.2, 0.25) is 0 Å². The molecule has 0 radical (unpaired) electrons. The van der Waals surface area contributed by atoms with Crippen LogP contribution in [0, 0.1) is 5.92 Å². The van der Waals surface area contributed by atoms with E-state index in [9.17, 15) is 0 Å². The minimum Gasteiger partial charge on any atom is -0.383 e.